The summed E-state index contributed by atoms with van der Waals surface area (Å²) in [6.07, 6.45) is 6.08. The first-order valence-corrected chi connectivity index (χ1v) is 11.1. The van der Waals surface area contributed by atoms with Crippen molar-refractivity contribution in [1.82, 2.24) is 25.1 Å². The van der Waals surface area contributed by atoms with Gasteiger partial charge in [-0.1, -0.05) is 42.5 Å². The first-order chi connectivity index (χ1) is 15.7. The molecule has 0 saturated carbocycles. The number of benzene rings is 2. The van der Waals surface area contributed by atoms with Gasteiger partial charge in [0.1, 0.15) is 5.82 Å². The van der Waals surface area contributed by atoms with Gasteiger partial charge in [0, 0.05) is 31.0 Å². The Morgan fingerprint density at radius 3 is 2.69 bits per heavy atom. The van der Waals surface area contributed by atoms with Crippen LogP contribution in [0.3, 0.4) is 0 Å². The van der Waals surface area contributed by atoms with Crippen molar-refractivity contribution in [2.75, 3.05) is 5.32 Å². The monoisotopic (exact) mass is 426 g/mol. The molecule has 2 aromatic carbocycles. The molecule has 0 fully saturated rings. The standard InChI is InChI=1S/C25H26N6O/c1-17(32)26-15-19-10-7-13-23-21(19)16-28-31(23)25-29-22-12-6-5-11-20(22)24(30-25)27-14-18-8-3-2-4-9-18/h2-4,7-10,13,16H,5-6,11-12,14-15H2,1H3,(H,26,32)(H,27,29,30). The molecule has 4 aromatic rings. The van der Waals surface area contributed by atoms with Gasteiger partial charge in [-0.3, -0.25) is 4.79 Å². The van der Waals surface area contributed by atoms with E-state index < -0.39 is 0 Å². The third-order valence-corrected chi connectivity index (χ3v) is 5.90. The Morgan fingerprint density at radius 2 is 1.84 bits per heavy atom. The summed E-state index contributed by atoms with van der Waals surface area (Å²) in [6, 6.07) is 16.3. The Morgan fingerprint density at radius 1 is 1.00 bits per heavy atom. The normalized spacial score (nSPS) is 13.0. The predicted molar refractivity (Wildman–Crippen MR) is 125 cm³/mol. The molecule has 1 aliphatic rings. The fraction of sp³-hybridized carbons (Fsp3) is 0.280. The highest BCUT2D eigenvalue weighted by Crippen LogP contribution is 2.28. The number of anilines is 1. The Hall–Kier alpha value is -3.74. The highest BCUT2D eigenvalue weighted by Gasteiger charge is 2.20. The summed E-state index contributed by atoms with van der Waals surface area (Å²) < 4.78 is 1.80. The van der Waals surface area contributed by atoms with Crippen molar-refractivity contribution in [2.24, 2.45) is 0 Å². The number of nitrogens with one attached hydrogen (secondary N) is 2. The molecule has 7 nitrogen and oxygen atoms in total. The van der Waals surface area contributed by atoms with Crippen LogP contribution in [0.2, 0.25) is 0 Å². The fourth-order valence-electron chi connectivity index (χ4n) is 4.25. The first-order valence-electron chi connectivity index (χ1n) is 11.1. The Kier molecular flexibility index (Phi) is 5.54. The van der Waals surface area contributed by atoms with Crippen LogP contribution in [-0.4, -0.2) is 25.7 Å². The molecule has 0 unspecified atom stereocenters. The van der Waals surface area contributed by atoms with Gasteiger partial charge < -0.3 is 10.6 Å². The van der Waals surface area contributed by atoms with E-state index in [-0.39, 0.29) is 5.91 Å². The number of rotatable bonds is 6. The van der Waals surface area contributed by atoms with E-state index in [1.54, 1.807) is 4.68 Å². The molecule has 5 rings (SSSR count). The zero-order valence-corrected chi connectivity index (χ0v) is 18.1. The maximum Gasteiger partial charge on any atom is 0.253 e. The summed E-state index contributed by atoms with van der Waals surface area (Å²) in [4.78, 5) is 21.2. The Balaban J connectivity index is 1.53. The molecular formula is C25H26N6O. The molecule has 2 N–H and O–H groups in total. The van der Waals surface area contributed by atoms with Crippen molar-refractivity contribution < 1.29 is 4.79 Å². The number of nitrogens with zero attached hydrogens (tertiary/aromatic N) is 4. The number of amides is 1. The molecule has 162 valence electrons. The summed E-state index contributed by atoms with van der Waals surface area (Å²) in [5.41, 5.74) is 5.49. The highest BCUT2D eigenvalue weighted by molar-refractivity contribution is 5.84. The van der Waals surface area contributed by atoms with E-state index in [4.69, 9.17) is 9.97 Å². The molecule has 1 aliphatic carbocycles. The molecular weight excluding hydrogens is 400 g/mol. The maximum absolute atomic E-state index is 11.4. The second-order valence-electron chi connectivity index (χ2n) is 8.16. The summed E-state index contributed by atoms with van der Waals surface area (Å²) in [6.45, 7) is 2.70. The van der Waals surface area contributed by atoms with E-state index in [0.29, 0.717) is 19.0 Å². The van der Waals surface area contributed by atoms with Crippen LogP contribution in [0, 0.1) is 0 Å². The lowest BCUT2D eigenvalue weighted by atomic mass is 9.96. The summed E-state index contributed by atoms with van der Waals surface area (Å²) >= 11 is 0. The molecule has 0 aliphatic heterocycles. The topological polar surface area (TPSA) is 84.7 Å². The van der Waals surface area contributed by atoms with Crippen LogP contribution >= 0.6 is 0 Å². The second kappa shape index (κ2) is 8.78. The molecule has 7 heteroatoms. The van der Waals surface area contributed by atoms with Gasteiger partial charge in [0.15, 0.2) is 0 Å². The zero-order valence-electron chi connectivity index (χ0n) is 18.1. The van der Waals surface area contributed by atoms with E-state index in [1.807, 2.05) is 42.6 Å². The third kappa shape index (κ3) is 4.06. The fourth-order valence-corrected chi connectivity index (χ4v) is 4.25. The van der Waals surface area contributed by atoms with Crippen molar-refractivity contribution in [3.05, 3.63) is 77.1 Å². The quantitative estimate of drug-likeness (QED) is 0.488. The van der Waals surface area contributed by atoms with Crippen molar-refractivity contribution in [3.8, 4) is 5.95 Å². The number of hydrogen-bond donors (Lipinski definition) is 2. The van der Waals surface area contributed by atoms with Crippen molar-refractivity contribution in [3.63, 3.8) is 0 Å². The van der Waals surface area contributed by atoms with Gasteiger partial charge in [0.05, 0.1) is 17.4 Å². The molecule has 0 atom stereocenters. The Bertz CT molecular complexity index is 1260. The van der Waals surface area contributed by atoms with E-state index >= 15 is 0 Å². The van der Waals surface area contributed by atoms with Crippen LogP contribution in [-0.2, 0) is 30.7 Å². The van der Waals surface area contributed by atoms with Crippen LogP contribution in [0.1, 0.15) is 42.1 Å². The first kappa shape index (κ1) is 20.2. The van der Waals surface area contributed by atoms with Crippen LogP contribution in [0.15, 0.2) is 54.7 Å². The summed E-state index contributed by atoms with van der Waals surface area (Å²) in [5.74, 6) is 1.42. The summed E-state index contributed by atoms with van der Waals surface area (Å²) in [7, 11) is 0. The highest BCUT2D eigenvalue weighted by atomic mass is 16.1. The lowest BCUT2D eigenvalue weighted by Crippen LogP contribution is -2.19. The summed E-state index contributed by atoms with van der Waals surface area (Å²) in [5, 5.41) is 12.0. The average Bonchev–Trinajstić information content (AvgIpc) is 3.26. The SMILES string of the molecule is CC(=O)NCc1cccc2c1cnn2-c1nc2c(c(NCc3ccccc3)n1)CCCC2. The zero-order chi connectivity index (χ0) is 21.9. The van der Waals surface area contributed by atoms with E-state index in [9.17, 15) is 4.79 Å². The van der Waals surface area contributed by atoms with Crippen LogP contribution in [0.25, 0.3) is 16.9 Å². The minimum absolute atomic E-state index is 0.0541. The van der Waals surface area contributed by atoms with E-state index in [1.165, 1.54) is 18.1 Å². The number of aryl methyl sites for hydroxylation is 1. The van der Waals surface area contributed by atoms with E-state index in [0.717, 1.165) is 53.7 Å². The van der Waals surface area contributed by atoms with Crippen molar-refractivity contribution in [1.29, 1.82) is 0 Å². The minimum atomic E-state index is -0.0541. The lowest BCUT2D eigenvalue weighted by molar-refractivity contribution is -0.119. The van der Waals surface area contributed by atoms with Gasteiger partial charge in [-0.15, -0.1) is 0 Å². The number of carbonyl (C=O) groups is 1. The molecule has 0 spiro atoms. The maximum atomic E-state index is 11.4. The predicted octanol–water partition coefficient (Wildman–Crippen LogP) is 3.94. The molecule has 2 heterocycles. The molecule has 0 bridgehead atoms. The molecule has 2 aromatic heterocycles. The van der Waals surface area contributed by atoms with Gasteiger partial charge in [0.2, 0.25) is 5.91 Å². The van der Waals surface area contributed by atoms with Gasteiger partial charge in [-0.05, 0) is 42.9 Å². The molecule has 0 saturated heterocycles. The number of carbonyl (C=O) groups excluding carboxylic acids is 1. The minimum Gasteiger partial charge on any atom is -0.366 e. The molecule has 1 amide bonds. The number of hydrogen-bond acceptors (Lipinski definition) is 5. The van der Waals surface area contributed by atoms with Gasteiger partial charge in [0.25, 0.3) is 5.95 Å². The molecule has 32 heavy (non-hydrogen) atoms. The van der Waals surface area contributed by atoms with Gasteiger partial charge in [-0.2, -0.15) is 14.8 Å². The van der Waals surface area contributed by atoms with Gasteiger partial charge >= 0.3 is 0 Å². The van der Waals surface area contributed by atoms with Crippen LogP contribution in [0.4, 0.5) is 5.82 Å². The van der Waals surface area contributed by atoms with Crippen molar-refractivity contribution >= 4 is 22.6 Å². The van der Waals surface area contributed by atoms with Crippen molar-refractivity contribution in [2.45, 2.75) is 45.7 Å². The largest absolute Gasteiger partial charge is 0.366 e. The van der Waals surface area contributed by atoms with Gasteiger partial charge in [-0.25, -0.2) is 4.98 Å². The second-order valence-corrected chi connectivity index (χ2v) is 8.16. The smallest absolute Gasteiger partial charge is 0.253 e. The van der Waals surface area contributed by atoms with Crippen LogP contribution in [0.5, 0.6) is 0 Å². The number of aromatic nitrogens is 4. The third-order valence-electron chi connectivity index (χ3n) is 5.90. The molecule has 0 radical (unpaired) electrons. The van der Waals surface area contributed by atoms with Crippen LogP contribution < -0.4 is 10.6 Å². The Labute approximate surface area is 186 Å². The number of fused-ring (bicyclic) bond motifs is 2. The average molecular weight is 427 g/mol. The van der Waals surface area contributed by atoms with E-state index in [2.05, 4.69) is 27.9 Å². The lowest BCUT2D eigenvalue weighted by Gasteiger charge is -2.20.